The first kappa shape index (κ1) is 15.9. The van der Waals surface area contributed by atoms with E-state index in [0.29, 0.717) is 31.7 Å². The van der Waals surface area contributed by atoms with Crippen molar-refractivity contribution in [2.24, 2.45) is 5.73 Å². The van der Waals surface area contributed by atoms with Crippen LogP contribution in [0.4, 0.5) is 0 Å². The zero-order chi connectivity index (χ0) is 17.6. The van der Waals surface area contributed by atoms with Gasteiger partial charge in [-0.15, -0.1) is 0 Å². The summed E-state index contributed by atoms with van der Waals surface area (Å²) in [5, 5.41) is 9.84. The topological polar surface area (TPSA) is 92.9 Å². The summed E-state index contributed by atoms with van der Waals surface area (Å²) in [4.78, 5) is 26.3. The number of rotatable bonds is 3. The molecule has 4 rings (SSSR count). The molecule has 0 atom stereocenters. The van der Waals surface area contributed by atoms with Crippen molar-refractivity contribution in [1.29, 1.82) is 0 Å². The van der Waals surface area contributed by atoms with Gasteiger partial charge < -0.3 is 20.3 Å². The molecular weight excluding hydrogens is 319 g/mol. The Kier molecular flexibility index (Phi) is 3.82. The SMILES string of the molecule is NC(=O)c1cccc2c1C(=O)N(Cc1ccc3c(c1)B(O)OC3)CC2. The molecule has 2 heterocycles. The number of hydrogen-bond acceptors (Lipinski definition) is 4. The Hall–Kier alpha value is -2.64. The molecule has 126 valence electrons. The molecule has 3 N–H and O–H groups in total. The molecule has 0 aliphatic carbocycles. The summed E-state index contributed by atoms with van der Waals surface area (Å²) in [5.41, 5.74) is 9.58. The van der Waals surface area contributed by atoms with Crippen LogP contribution in [0, 0.1) is 0 Å². The Morgan fingerprint density at radius 1 is 1.28 bits per heavy atom. The Balaban J connectivity index is 1.63. The maximum Gasteiger partial charge on any atom is 0.491 e. The molecule has 0 saturated heterocycles. The van der Waals surface area contributed by atoms with Gasteiger partial charge in [0.25, 0.3) is 5.91 Å². The number of primary amides is 1. The minimum absolute atomic E-state index is 0.187. The number of nitrogens with two attached hydrogens (primary N) is 1. The molecular formula is C18H17BN2O4. The highest BCUT2D eigenvalue weighted by molar-refractivity contribution is 6.61. The maximum atomic E-state index is 12.9. The predicted molar refractivity (Wildman–Crippen MR) is 92.2 cm³/mol. The summed E-state index contributed by atoms with van der Waals surface area (Å²) >= 11 is 0. The molecule has 25 heavy (non-hydrogen) atoms. The van der Waals surface area contributed by atoms with Crippen LogP contribution in [-0.2, 0) is 24.2 Å². The molecule has 0 saturated carbocycles. The van der Waals surface area contributed by atoms with Crippen LogP contribution in [0.3, 0.4) is 0 Å². The summed E-state index contributed by atoms with van der Waals surface area (Å²) in [5.74, 6) is -0.780. The fraction of sp³-hybridized carbons (Fsp3) is 0.222. The quantitative estimate of drug-likeness (QED) is 0.784. The van der Waals surface area contributed by atoms with Gasteiger partial charge in [0.05, 0.1) is 17.7 Å². The zero-order valence-corrected chi connectivity index (χ0v) is 13.6. The molecule has 2 aromatic rings. The van der Waals surface area contributed by atoms with Crippen LogP contribution in [0.1, 0.15) is 37.4 Å². The van der Waals surface area contributed by atoms with Gasteiger partial charge in [-0.05, 0) is 34.6 Å². The number of fused-ring (bicyclic) bond motifs is 2. The van der Waals surface area contributed by atoms with Crippen LogP contribution < -0.4 is 11.2 Å². The number of benzene rings is 2. The van der Waals surface area contributed by atoms with Gasteiger partial charge in [-0.3, -0.25) is 9.59 Å². The summed E-state index contributed by atoms with van der Waals surface area (Å²) in [6.45, 7) is 1.38. The van der Waals surface area contributed by atoms with Crippen LogP contribution in [0.15, 0.2) is 36.4 Å². The molecule has 2 aromatic carbocycles. The van der Waals surface area contributed by atoms with Crippen molar-refractivity contribution in [3.05, 3.63) is 64.2 Å². The van der Waals surface area contributed by atoms with E-state index in [4.69, 9.17) is 10.4 Å². The molecule has 2 amide bonds. The maximum absolute atomic E-state index is 12.9. The zero-order valence-electron chi connectivity index (χ0n) is 13.6. The highest BCUT2D eigenvalue weighted by Gasteiger charge is 2.30. The average molecular weight is 336 g/mol. The fourth-order valence-electron chi connectivity index (χ4n) is 3.52. The Morgan fingerprint density at radius 3 is 2.92 bits per heavy atom. The lowest BCUT2D eigenvalue weighted by Crippen LogP contribution is -2.39. The van der Waals surface area contributed by atoms with E-state index >= 15 is 0 Å². The van der Waals surface area contributed by atoms with Crippen LogP contribution in [0.5, 0.6) is 0 Å². The fourth-order valence-corrected chi connectivity index (χ4v) is 3.52. The van der Waals surface area contributed by atoms with Crippen molar-refractivity contribution in [3.63, 3.8) is 0 Å². The second-order valence-electron chi connectivity index (χ2n) is 6.38. The van der Waals surface area contributed by atoms with E-state index in [9.17, 15) is 14.6 Å². The molecule has 2 aliphatic heterocycles. The standard InChI is InChI=1S/C18H17BN2O4/c20-17(22)14-3-1-2-12-6-7-21(18(23)16(12)14)9-11-4-5-13-10-25-19(24)15(13)8-11/h1-5,8,24H,6-7,9-10H2,(H2,20,22). The lowest BCUT2D eigenvalue weighted by Gasteiger charge is -2.29. The molecule has 0 unspecified atom stereocenters. The van der Waals surface area contributed by atoms with E-state index in [-0.39, 0.29) is 11.5 Å². The summed E-state index contributed by atoms with van der Waals surface area (Å²) < 4.78 is 5.20. The number of amides is 2. The second kappa shape index (κ2) is 6.02. The predicted octanol–water partition coefficient (Wildman–Crippen LogP) is 0.202. The number of carbonyl (C=O) groups is 2. The van der Waals surface area contributed by atoms with Crippen molar-refractivity contribution < 1.29 is 19.3 Å². The molecule has 2 aliphatic rings. The van der Waals surface area contributed by atoms with Gasteiger partial charge in [-0.2, -0.15) is 0 Å². The van der Waals surface area contributed by atoms with E-state index in [0.717, 1.165) is 22.2 Å². The van der Waals surface area contributed by atoms with Gasteiger partial charge in [-0.1, -0.05) is 30.3 Å². The van der Waals surface area contributed by atoms with E-state index in [1.54, 1.807) is 17.0 Å². The summed E-state index contributed by atoms with van der Waals surface area (Å²) in [6.07, 6.45) is 0.679. The molecule has 0 radical (unpaired) electrons. The monoisotopic (exact) mass is 336 g/mol. The van der Waals surface area contributed by atoms with E-state index < -0.39 is 13.0 Å². The molecule has 6 nitrogen and oxygen atoms in total. The van der Waals surface area contributed by atoms with Gasteiger partial charge in [0.1, 0.15) is 0 Å². The van der Waals surface area contributed by atoms with E-state index in [1.807, 2.05) is 24.3 Å². The third-order valence-corrected chi connectivity index (χ3v) is 4.81. The Bertz CT molecular complexity index is 883. The number of nitrogens with zero attached hydrogens (tertiary/aromatic N) is 1. The molecule has 0 bridgehead atoms. The van der Waals surface area contributed by atoms with Crippen LogP contribution in [-0.4, -0.2) is 35.4 Å². The van der Waals surface area contributed by atoms with Gasteiger partial charge in [0, 0.05) is 13.1 Å². The normalized spacial score (nSPS) is 16.0. The van der Waals surface area contributed by atoms with Crippen LogP contribution in [0.2, 0.25) is 0 Å². The van der Waals surface area contributed by atoms with Crippen LogP contribution >= 0.6 is 0 Å². The largest absolute Gasteiger partial charge is 0.491 e. The van der Waals surface area contributed by atoms with Gasteiger partial charge >= 0.3 is 7.12 Å². The first-order valence-corrected chi connectivity index (χ1v) is 8.17. The molecule has 0 aromatic heterocycles. The molecule has 0 fully saturated rings. The third-order valence-electron chi connectivity index (χ3n) is 4.81. The number of carbonyl (C=O) groups excluding carboxylic acids is 2. The second-order valence-corrected chi connectivity index (χ2v) is 6.38. The van der Waals surface area contributed by atoms with Gasteiger partial charge in [-0.25, -0.2) is 0 Å². The molecule has 0 spiro atoms. The lowest BCUT2D eigenvalue weighted by atomic mass is 9.78. The average Bonchev–Trinajstić information content (AvgIpc) is 2.97. The van der Waals surface area contributed by atoms with Crippen molar-refractivity contribution in [2.45, 2.75) is 19.6 Å². The minimum Gasteiger partial charge on any atom is -0.423 e. The van der Waals surface area contributed by atoms with Crippen LogP contribution in [0.25, 0.3) is 0 Å². The molecule has 7 heteroatoms. The highest BCUT2D eigenvalue weighted by Crippen LogP contribution is 2.24. The smallest absolute Gasteiger partial charge is 0.423 e. The van der Waals surface area contributed by atoms with Gasteiger partial charge in [0.2, 0.25) is 5.91 Å². The van der Waals surface area contributed by atoms with Crippen molar-refractivity contribution in [2.75, 3.05) is 6.54 Å². The van der Waals surface area contributed by atoms with Crippen molar-refractivity contribution >= 4 is 24.4 Å². The van der Waals surface area contributed by atoms with Crippen molar-refractivity contribution in [3.8, 4) is 0 Å². The van der Waals surface area contributed by atoms with E-state index in [1.165, 1.54) is 0 Å². The first-order chi connectivity index (χ1) is 12.0. The highest BCUT2D eigenvalue weighted by atomic mass is 16.5. The Morgan fingerprint density at radius 2 is 2.12 bits per heavy atom. The summed E-state index contributed by atoms with van der Waals surface area (Å²) in [7, 11) is -0.908. The lowest BCUT2D eigenvalue weighted by molar-refractivity contribution is 0.0722. The van der Waals surface area contributed by atoms with Crippen molar-refractivity contribution in [1.82, 2.24) is 4.90 Å². The van der Waals surface area contributed by atoms with E-state index in [2.05, 4.69) is 0 Å². The first-order valence-electron chi connectivity index (χ1n) is 8.17. The minimum atomic E-state index is -0.908. The van der Waals surface area contributed by atoms with Gasteiger partial charge in [0.15, 0.2) is 0 Å². The third kappa shape index (κ3) is 2.71. The Labute approximate surface area is 145 Å². The number of hydrogen-bond donors (Lipinski definition) is 2. The summed E-state index contributed by atoms with van der Waals surface area (Å²) in [6, 6.07) is 10.9.